The normalized spacial score (nSPS) is 15.7. The van der Waals surface area contributed by atoms with Gasteiger partial charge in [0, 0.05) is 56.1 Å². The van der Waals surface area contributed by atoms with Crippen molar-refractivity contribution in [3.8, 4) is 17.1 Å². The Bertz CT molecular complexity index is 1320. The monoisotopic (exact) mass is 468 g/mol. The Balaban J connectivity index is 1.28. The lowest BCUT2D eigenvalue weighted by atomic mass is 9.94. The number of benzene rings is 1. The Hall–Kier alpha value is -4.07. The predicted octanol–water partition coefficient (Wildman–Crippen LogP) is 3.89. The summed E-state index contributed by atoms with van der Waals surface area (Å²) in [6.07, 6.45) is 11.3. The molecule has 0 saturated carbocycles. The molecule has 4 heterocycles. The first-order chi connectivity index (χ1) is 17.1. The molecule has 35 heavy (non-hydrogen) atoms. The first-order valence-corrected chi connectivity index (χ1v) is 11.8. The van der Waals surface area contributed by atoms with E-state index in [1.165, 1.54) is 0 Å². The topological polar surface area (TPSA) is 86.0 Å². The third-order valence-corrected chi connectivity index (χ3v) is 6.49. The second kappa shape index (κ2) is 10.0. The van der Waals surface area contributed by atoms with Gasteiger partial charge in [-0.3, -0.25) is 14.8 Å². The molecule has 1 aliphatic heterocycles. The number of nitrogens with zero attached hydrogens (tertiary/aromatic N) is 6. The maximum absolute atomic E-state index is 13.3. The zero-order chi connectivity index (χ0) is 24.2. The van der Waals surface area contributed by atoms with Crippen LogP contribution >= 0.6 is 0 Å². The van der Waals surface area contributed by atoms with Crippen molar-refractivity contribution in [1.82, 2.24) is 29.4 Å². The average Bonchev–Trinajstić information content (AvgIpc) is 3.35. The number of carbonyl (C=O) groups is 1. The molecule has 1 atom stereocenters. The minimum Gasteiger partial charge on any atom is -0.496 e. The zero-order valence-corrected chi connectivity index (χ0v) is 20.0. The fourth-order valence-corrected chi connectivity index (χ4v) is 4.59. The summed E-state index contributed by atoms with van der Waals surface area (Å²) in [7, 11) is 3.61. The molecular weight excluding hydrogens is 440 g/mol. The maximum atomic E-state index is 13.3. The molecule has 1 saturated heterocycles. The van der Waals surface area contributed by atoms with Crippen LogP contribution in [0.4, 0.5) is 0 Å². The number of aryl methyl sites for hydroxylation is 1. The fourth-order valence-electron chi connectivity index (χ4n) is 4.59. The van der Waals surface area contributed by atoms with Crippen LogP contribution in [0.5, 0.6) is 5.75 Å². The largest absolute Gasteiger partial charge is 0.496 e. The summed E-state index contributed by atoms with van der Waals surface area (Å²) in [5.74, 6) is 0.984. The number of likely N-dealkylation sites (tertiary alicyclic amines) is 1. The van der Waals surface area contributed by atoms with E-state index in [4.69, 9.17) is 9.72 Å². The van der Waals surface area contributed by atoms with Crippen molar-refractivity contribution in [2.45, 2.75) is 25.2 Å². The molecule has 0 bridgehead atoms. The van der Waals surface area contributed by atoms with Gasteiger partial charge in [-0.25, -0.2) is 9.97 Å². The number of piperidine rings is 1. The van der Waals surface area contributed by atoms with Crippen molar-refractivity contribution in [2.75, 3.05) is 20.2 Å². The average molecular weight is 469 g/mol. The molecule has 8 nitrogen and oxygen atoms in total. The van der Waals surface area contributed by atoms with Gasteiger partial charge < -0.3 is 14.2 Å². The highest BCUT2D eigenvalue weighted by Gasteiger charge is 2.27. The first kappa shape index (κ1) is 22.7. The van der Waals surface area contributed by atoms with E-state index in [1.54, 1.807) is 32.0 Å². The molecule has 8 heteroatoms. The Kier molecular flexibility index (Phi) is 6.52. The number of hydrogen-bond acceptors (Lipinski definition) is 6. The lowest BCUT2D eigenvalue weighted by molar-refractivity contribution is 0.0705. The summed E-state index contributed by atoms with van der Waals surface area (Å²) in [5, 5.41) is 0. The van der Waals surface area contributed by atoms with Gasteiger partial charge in [-0.05, 0) is 31.0 Å². The highest BCUT2D eigenvalue weighted by molar-refractivity contribution is 5.94. The van der Waals surface area contributed by atoms with E-state index in [-0.39, 0.29) is 11.8 Å². The number of amides is 1. The summed E-state index contributed by atoms with van der Waals surface area (Å²) in [4.78, 5) is 33.2. The molecule has 1 amide bonds. The summed E-state index contributed by atoms with van der Waals surface area (Å²) < 4.78 is 7.36. The van der Waals surface area contributed by atoms with Crippen molar-refractivity contribution in [2.24, 2.45) is 7.05 Å². The van der Waals surface area contributed by atoms with Gasteiger partial charge in [0.2, 0.25) is 0 Å². The van der Waals surface area contributed by atoms with Gasteiger partial charge in [0.25, 0.3) is 5.91 Å². The number of carbonyl (C=O) groups excluding carboxylic acids is 1. The number of hydrogen-bond donors (Lipinski definition) is 0. The lowest BCUT2D eigenvalue weighted by Crippen LogP contribution is -2.39. The molecule has 0 aliphatic carbocycles. The standard InChI is InChI=1S/C27H28N6O2/c1-32-18-29-16-25(32)24-15-28-14-23(31-24)21-7-5-11-33(17-21)27(34)20-9-10-22(30-13-20)12-19-6-3-4-8-26(19)35-2/h3-4,6,8-10,13-16,18,21H,5,7,11-12,17H2,1-2H3. The Morgan fingerprint density at radius 3 is 2.74 bits per heavy atom. The van der Waals surface area contributed by atoms with Crippen molar-refractivity contribution < 1.29 is 9.53 Å². The summed E-state index contributed by atoms with van der Waals surface area (Å²) in [5.41, 5.74) is 5.18. The minimum absolute atomic E-state index is 0.00166. The molecule has 0 radical (unpaired) electrons. The predicted molar refractivity (Wildman–Crippen MR) is 132 cm³/mol. The molecular formula is C27H28N6O2. The van der Waals surface area contributed by atoms with E-state index in [0.717, 1.165) is 53.5 Å². The van der Waals surface area contributed by atoms with E-state index in [1.807, 2.05) is 59.1 Å². The second-order valence-electron chi connectivity index (χ2n) is 8.84. The van der Waals surface area contributed by atoms with Gasteiger partial charge in [0.1, 0.15) is 11.4 Å². The van der Waals surface area contributed by atoms with Crippen LogP contribution in [-0.2, 0) is 13.5 Å². The minimum atomic E-state index is 0.00166. The molecule has 1 unspecified atom stereocenters. The number of aromatic nitrogens is 5. The van der Waals surface area contributed by atoms with Gasteiger partial charge in [-0.15, -0.1) is 0 Å². The van der Waals surface area contributed by atoms with Crippen LogP contribution in [-0.4, -0.2) is 55.5 Å². The molecule has 0 N–H and O–H groups in total. The molecule has 5 rings (SSSR count). The quantitative estimate of drug-likeness (QED) is 0.427. The molecule has 1 aromatic carbocycles. The van der Waals surface area contributed by atoms with Gasteiger partial charge >= 0.3 is 0 Å². The van der Waals surface area contributed by atoms with E-state index >= 15 is 0 Å². The van der Waals surface area contributed by atoms with Gasteiger partial charge in [0.15, 0.2) is 0 Å². The lowest BCUT2D eigenvalue weighted by Gasteiger charge is -2.32. The molecule has 1 aliphatic rings. The SMILES string of the molecule is COc1ccccc1Cc1ccc(C(=O)N2CCCC(c3cncc(-c4cncn4C)n3)C2)cn1. The third kappa shape index (κ3) is 4.91. The van der Waals surface area contributed by atoms with Gasteiger partial charge in [-0.1, -0.05) is 18.2 Å². The van der Waals surface area contributed by atoms with Crippen LogP contribution in [0.3, 0.4) is 0 Å². The van der Waals surface area contributed by atoms with Crippen molar-refractivity contribution in [3.63, 3.8) is 0 Å². The number of imidazole rings is 1. The zero-order valence-electron chi connectivity index (χ0n) is 20.0. The van der Waals surface area contributed by atoms with Crippen molar-refractivity contribution in [3.05, 3.63) is 90.0 Å². The van der Waals surface area contributed by atoms with Gasteiger partial charge in [0.05, 0.1) is 42.8 Å². The Morgan fingerprint density at radius 1 is 1.09 bits per heavy atom. The van der Waals surface area contributed by atoms with Gasteiger partial charge in [-0.2, -0.15) is 0 Å². The van der Waals surface area contributed by atoms with Crippen LogP contribution in [0.2, 0.25) is 0 Å². The van der Waals surface area contributed by atoms with Crippen molar-refractivity contribution >= 4 is 5.91 Å². The highest BCUT2D eigenvalue weighted by atomic mass is 16.5. The van der Waals surface area contributed by atoms with Crippen LogP contribution in [0.15, 0.2) is 67.5 Å². The van der Waals surface area contributed by atoms with E-state index in [2.05, 4.69) is 15.0 Å². The Labute approximate surface area is 204 Å². The summed E-state index contributed by atoms with van der Waals surface area (Å²) >= 11 is 0. The first-order valence-electron chi connectivity index (χ1n) is 11.8. The molecule has 3 aromatic heterocycles. The molecule has 4 aromatic rings. The number of ether oxygens (including phenoxy) is 1. The third-order valence-electron chi connectivity index (χ3n) is 6.49. The smallest absolute Gasteiger partial charge is 0.255 e. The van der Waals surface area contributed by atoms with E-state index < -0.39 is 0 Å². The van der Waals surface area contributed by atoms with Crippen molar-refractivity contribution in [1.29, 1.82) is 0 Å². The summed E-state index contributed by atoms with van der Waals surface area (Å²) in [6, 6.07) is 11.7. The van der Waals surface area contributed by atoms with Crippen LogP contribution in [0.25, 0.3) is 11.4 Å². The van der Waals surface area contributed by atoms with E-state index in [9.17, 15) is 4.79 Å². The van der Waals surface area contributed by atoms with Crippen LogP contribution < -0.4 is 4.74 Å². The number of para-hydroxylation sites is 1. The fraction of sp³-hybridized carbons (Fsp3) is 0.296. The van der Waals surface area contributed by atoms with Crippen LogP contribution in [0.1, 0.15) is 46.1 Å². The number of methoxy groups -OCH3 is 1. The maximum Gasteiger partial charge on any atom is 0.255 e. The van der Waals surface area contributed by atoms with E-state index in [0.29, 0.717) is 18.5 Å². The molecule has 1 fully saturated rings. The van der Waals surface area contributed by atoms with Crippen LogP contribution in [0, 0.1) is 0 Å². The number of pyridine rings is 1. The molecule has 0 spiro atoms. The molecule has 178 valence electrons. The summed E-state index contributed by atoms with van der Waals surface area (Å²) in [6.45, 7) is 1.35. The second-order valence-corrected chi connectivity index (χ2v) is 8.84. The Morgan fingerprint density at radius 2 is 1.97 bits per heavy atom. The number of rotatable bonds is 6. The highest BCUT2D eigenvalue weighted by Crippen LogP contribution is 2.28.